The van der Waals surface area contributed by atoms with Crippen molar-refractivity contribution in [2.75, 3.05) is 5.32 Å². The van der Waals surface area contributed by atoms with Gasteiger partial charge in [0.1, 0.15) is 5.92 Å². The second-order valence-corrected chi connectivity index (χ2v) is 8.13. The first-order chi connectivity index (χ1) is 12.2. The molecule has 0 radical (unpaired) electrons. The molecule has 2 rings (SSSR count). The molecule has 0 saturated carbocycles. The third-order valence-electron chi connectivity index (χ3n) is 4.11. The van der Waals surface area contributed by atoms with Gasteiger partial charge in [0.15, 0.2) is 0 Å². The average Bonchev–Trinajstić information content (AvgIpc) is 2.56. The third kappa shape index (κ3) is 4.01. The first-order valence-corrected chi connectivity index (χ1v) is 9.05. The number of amides is 2. The summed E-state index contributed by atoms with van der Waals surface area (Å²) in [6, 6.07) is 10.7. The number of hydrogen-bond donors (Lipinski definition) is 2. The lowest BCUT2D eigenvalue weighted by Crippen LogP contribution is -2.45. The lowest BCUT2D eigenvalue weighted by molar-refractivity contribution is -0.125. The van der Waals surface area contributed by atoms with Gasteiger partial charge in [-0.1, -0.05) is 37.2 Å². The van der Waals surface area contributed by atoms with Crippen molar-refractivity contribution < 1.29 is 9.59 Å². The van der Waals surface area contributed by atoms with Crippen molar-refractivity contribution in [1.82, 2.24) is 5.32 Å². The van der Waals surface area contributed by atoms with Gasteiger partial charge in [0.2, 0.25) is 11.8 Å². The van der Waals surface area contributed by atoms with Crippen LogP contribution >= 0.6 is 23.4 Å². The van der Waals surface area contributed by atoms with E-state index in [1.54, 1.807) is 45.0 Å². The van der Waals surface area contributed by atoms with Crippen LogP contribution in [0.1, 0.15) is 20.8 Å². The topological polar surface area (TPSA) is 106 Å². The quantitative estimate of drug-likeness (QED) is 0.821. The van der Waals surface area contributed by atoms with Crippen LogP contribution in [0.2, 0.25) is 5.02 Å². The van der Waals surface area contributed by atoms with Gasteiger partial charge in [-0.25, -0.2) is 0 Å². The van der Waals surface area contributed by atoms with Gasteiger partial charge in [-0.15, -0.1) is 0 Å². The summed E-state index contributed by atoms with van der Waals surface area (Å²) in [4.78, 5) is 24.6. The highest BCUT2D eigenvalue weighted by Gasteiger charge is 2.45. The number of carbonyl (C=O) groups excluding carboxylic acids is 2. The lowest BCUT2D eigenvalue weighted by atomic mass is 9.72. The molecular weight excluding hydrogens is 372 g/mol. The molecule has 8 heteroatoms. The van der Waals surface area contributed by atoms with E-state index in [-0.39, 0.29) is 5.91 Å². The van der Waals surface area contributed by atoms with Gasteiger partial charge in [0.25, 0.3) is 0 Å². The highest BCUT2D eigenvalue weighted by atomic mass is 35.5. The molecule has 134 valence electrons. The van der Waals surface area contributed by atoms with Crippen LogP contribution < -0.4 is 10.6 Å². The molecule has 1 aliphatic rings. The Hall–Kier alpha value is -2.48. The SMILES string of the molecule is C[C@@H](SC1=C(C#N)C(C)(C)[C@@H](C#N)C(=O)N1)C(=O)Nc1ccc(Cl)cc1. The van der Waals surface area contributed by atoms with E-state index in [1.807, 2.05) is 6.07 Å². The molecule has 1 aromatic carbocycles. The van der Waals surface area contributed by atoms with E-state index in [1.165, 1.54) is 0 Å². The molecule has 0 fully saturated rings. The molecule has 0 bridgehead atoms. The monoisotopic (exact) mass is 388 g/mol. The Bertz CT molecular complexity index is 849. The fourth-order valence-electron chi connectivity index (χ4n) is 2.52. The molecule has 2 amide bonds. The van der Waals surface area contributed by atoms with Crippen LogP contribution in [-0.4, -0.2) is 17.1 Å². The number of anilines is 1. The zero-order chi connectivity index (χ0) is 19.5. The van der Waals surface area contributed by atoms with Crippen molar-refractivity contribution in [3.8, 4) is 12.1 Å². The predicted octanol–water partition coefficient (Wildman–Crippen LogP) is 3.43. The predicted molar refractivity (Wildman–Crippen MR) is 101 cm³/mol. The van der Waals surface area contributed by atoms with Crippen molar-refractivity contribution in [1.29, 1.82) is 10.5 Å². The minimum Gasteiger partial charge on any atom is -0.325 e. The van der Waals surface area contributed by atoms with Gasteiger partial charge in [-0.3, -0.25) is 9.59 Å². The van der Waals surface area contributed by atoms with Crippen molar-refractivity contribution in [2.45, 2.75) is 26.0 Å². The van der Waals surface area contributed by atoms with Crippen LogP contribution in [0.4, 0.5) is 5.69 Å². The number of nitrogens with zero attached hydrogens (tertiary/aromatic N) is 2. The maximum Gasteiger partial charge on any atom is 0.243 e. The smallest absolute Gasteiger partial charge is 0.243 e. The van der Waals surface area contributed by atoms with E-state index in [9.17, 15) is 20.1 Å². The summed E-state index contributed by atoms with van der Waals surface area (Å²) in [5.74, 6) is -1.71. The Morgan fingerprint density at radius 3 is 2.50 bits per heavy atom. The first-order valence-electron chi connectivity index (χ1n) is 7.79. The fraction of sp³-hybridized carbons (Fsp3) is 0.333. The van der Waals surface area contributed by atoms with Crippen LogP contribution in [0.3, 0.4) is 0 Å². The Kier molecular flexibility index (Phi) is 5.97. The van der Waals surface area contributed by atoms with Crippen LogP contribution in [0.25, 0.3) is 0 Å². The largest absolute Gasteiger partial charge is 0.325 e. The minimum absolute atomic E-state index is 0.281. The molecular formula is C18H17ClN4O2S. The highest BCUT2D eigenvalue weighted by Crippen LogP contribution is 2.42. The Morgan fingerprint density at radius 1 is 1.35 bits per heavy atom. The van der Waals surface area contributed by atoms with Gasteiger partial charge in [0.05, 0.1) is 28.0 Å². The van der Waals surface area contributed by atoms with Crippen molar-refractivity contribution in [3.63, 3.8) is 0 Å². The fourth-order valence-corrected chi connectivity index (χ4v) is 3.75. The van der Waals surface area contributed by atoms with Crippen LogP contribution in [0.5, 0.6) is 0 Å². The van der Waals surface area contributed by atoms with Gasteiger partial charge in [-0.2, -0.15) is 10.5 Å². The van der Waals surface area contributed by atoms with E-state index < -0.39 is 22.5 Å². The van der Waals surface area contributed by atoms with Gasteiger partial charge < -0.3 is 10.6 Å². The van der Waals surface area contributed by atoms with E-state index in [4.69, 9.17) is 11.6 Å². The summed E-state index contributed by atoms with van der Waals surface area (Å²) in [7, 11) is 0. The van der Waals surface area contributed by atoms with Crippen LogP contribution in [0.15, 0.2) is 34.9 Å². The number of carbonyl (C=O) groups is 2. The van der Waals surface area contributed by atoms with E-state index in [0.29, 0.717) is 21.3 Å². The number of allylic oxidation sites excluding steroid dienone is 1. The Labute approximate surface area is 161 Å². The zero-order valence-corrected chi connectivity index (χ0v) is 16.0. The molecule has 0 aromatic heterocycles. The summed E-state index contributed by atoms with van der Waals surface area (Å²) in [6.45, 7) is 5.03. The van der Waals surface area contributed by atoms with Crippen molar-refractivity contribution >= 4 is 40.9 Å². The molecule has 26 heavy (non-hydrogen) atoms. The number of nitrogens with one attached hydrogen (secondary N) is 2. The summed E-state index contributed by atoms with van der Waals surface area (Å²) in [5, 5.41) is 24.4. The molecule has 2 N–H and O–H groups in total. The molecule has 6 nitrogen and oxygen atoms in total. The van der Waals surface area contributed by atoms with E-state index >= 15 is 0 Å². The molecule has 1 aromatic rings. The minimum atomic E-state index is -0.959. The number of hydrogen-bond acceptors (Lipinski definition) is 5. The summed E-state index contributed by atoms with van der Waals surface area (Å²) in [5.41, 5.74) is -0.0423. The molecule has 0 spiro atoms. The van der Waals surface area contributed by atoms with Crippen molar-refractivity contribution in [2.24, 2.45) is 11.3 Å². The van der Waals surface area contributed by atoms with Gasteiger partial charge in [-0.05, 0) is 31.2 Å². The lowest BCUT2D eigenvalue weighted by Gasteiger charge is -2.35. The third-order valence-corrected chi connectivity index (χ3v) is 5.47. The van der Waals surface area contributed by atoms with Crippen molar-refractivity contribution in [3.05, 3.63) is 39.9 Å². The number of benzene rings is 1. The van der Waals surface area contributed by atoms with Gasteiger partial charge in [0, 0.05) is 16.1 Å². The molecule has 1 aliphatic heterocycles. The van der Waals surface area contributed by atoms with E-state index in [2.05, 4.69) is 16.7 Å². The molecule has 0 saturated heterocycles. The maximum atomic E-state index is 12.4. The maximum absolute atomic E-state index is 12.4. The standard InChI is InChI=1S/C18H17ClN4O2S/c1-10(15(24)22-12-6-4-11(19)5-7-12)26-17-14(9-21)18(2,3)13(8-20)16(25)23-17/h4-7,10,13H,1-3H3,(H,22,24)(H,23,25)/t10-,13+/m1/s1. The molecule has 0 aliphatic carbocycles. The van der Waals surface area contributed by atoms with Gasteiger partial charge >= 0.3 is 0 Å². The highest BCUT2D eigenvalue weighted by molar-refractivity contribution is 8.04. The Balaban J connectivity index is 2.20. The second-order valence-electron chi connectivity index (χ2n) is 6.35. The second kappa shape index (κ2) is 7.82. The molecule has 2 atom stereocenters. The summed E-state index contributed by atoms with van der Waals surface area (Å²) < 4.78 is 0. The average molecular weight is 389 g/mol. The number of rotatable bonds is 4. The Morgan fingerprint density at radius 2 is 1.96 bits per heavy atom. The number of nitriles is 2. The zero-order valence-electron chi connectivity index (χ0n) is 14.5. The number of thioether (sulfide) groups is 1. The van der Waals surface area contributed by atoms with Crippen LogP contribution in [-0.2, 0) is 9.59 Å². The summed E-state index contributed by atoms with van der Waals surface area (Å²) in [6.07, 6.45) is 0. The van der Waals surface area contributed by atoms with Crippen LogP contribution in [0, 0.1) is 34.0 Å². The number of halogens is 1. The molecule has 0 unspecified atom stereocenters. The van der Waals surface area contributed by atoms with E-state index in [0.717, 1.165) is 11.8 Å². The first kappa shape index (κ1) is 19.8. The molecule has 1 heterocycles. The normalized spacial score (nSPS) is 19.8. The summed E-state index contributed by atoms with van der Waals surface area (Å²) >= 11 is 6.90.